The number of nitrogens with one attached hydrogen (secondary N) is 2. The second-order valence-electron chi connectivity index (χ2n) is 6.96. The van der Waals surface area contributed by atoms with Crippen molar-refractivity contribution in [1.82, 2.24) is 15.1 Å². The molecule has 0 saturated heterocycles. The first-order chi connectivity index (χ1) is 15.4. The van der Waals surface area contributed by atoms with E-state index in [0.717, 1.165) is 5.56 Å². The van der Waals surface area contributed by atoms with Gasteiger partial charge in [-0.3, -0.25) is 0 Å². The third-order valence-corrected chi connectivity index (χ3v) is 6.12. The summed E-state index contributed by atoms with van der Waals surface area (Å²) >= 11 is 0. The van der Waals surface area contributed by atoms with Gasteiger partial charge in [0.1, 0.15) is 12.1 Å². The van der Waals surface area contributed by atoms with E-state index in [1.165, 1.54) is 18.5 Å². The molecule has 10 heteroatoms. The Kier molecular flexibility index (Phi) is 5.57. The van der Waals surface area contributed by atoms with E-state index in [9.17, 15) is 8.42 Å². The third kappa shape index (κ3) is 4.43. The number of aryl methyl sites for hydroxylation is 1. The molecule has 0 unspecified atom stereocenters. The molecule has 9 nitrogen and oxygen atoms in total. The van der Waals surface area contributed by atoms with Crippen LogP contribution in [0.15, 0.2) is 70.3 Å². The van der Waals surface area contributed by atoms with Crippen molar-refractivity contribution >= 4 is 27.4 Å². The molecule has 0 saturated carbocycles. The van der Waals surface area contributed by atoms with Gasteiger partial charge >= 0.3 is 0 Å². The molecule has 0 amide bonds. The number of nitrogens with zero attached hydrogens (tertiary/aromatic N) is 4. The van der Waals surface area contributed by atoms with E-state index in [1.54, 1.807) is 50.2 Å². The Labute approximate surface area is 184 Å². The molecule has 0 radical (unpaired) electrons. The lowest BCUT2D eigenvalue weighted by Gasteiger charge is -2.09. The largest absolute Gasteiger partial charge is 0.340 e. The number of benzene rings is 2. The van der Waals surface area contributed by atoms with Crippen molar-refractivity contribution in [2.45, 2.75) is 18.7 Å². The van der Waals surface area contributed by atoms with Gasteiger partial charge in [0, 0.05) is 22.9 Å². The third-order valence-electron chi connectivity index (χ3n) is 4.78. The van der Waals surface area contributed by atoms with E-state index in [1.807, 2.05) is 6.07 Å². The van der Waals surface area contributed by atoms with Gasteiger partial charge < -0.3 is 9.84 Å². The normalized spacial score (nSPS) is 11.0. The predicted molar refractivity (Wildman–Crippen MR) is 119 cm³/mol. The van der Waals surface area contributed by atoms with Gasteiger partial charge in [0.05, 0.1) is 27.9 Å². The maximum Gasteiger partial charge on any atom is 0.264 e. The van der Waals surface area contributed by atoms with Gasteiger partial charge in [-0.2, -0.15) is 5.26 Å². The molecule has 4 rings (SSSR count). The van der Waals surface area contributed by atoms with Crippen molar-refractivity contribution < 1.29 is 12.9 Å². The van der Waals surface area contributed by atoms with Crippen LogP contribution in [0.2, 0.25) is 0 Å². The molecule has 160 valence electrons. The maximum atomic E-state index is 12.6. The maximum absolute atomic E-state index is 12.6. The van der Waals surface area contributed by atoms with Crippen LogP contribution in [-0.4, -0.2) is 23.5 Å². The summed E-state index contributed by atoms with van der Waals surface area (Å²) in [5.41, 5.74) is 3.88. The van der Waals surface area contributed by atoms with E-state index < -0.39 is 10.0 Å². The van der Waals surface area contributed by atoms with Gasteiger partial charge in [-0.05, 0) is 50.2 Å². The second kappa shape index (κ2) is 8.49. The van der Waals surface area contributed by atoms with Crippen LogP contribution in [0.5, 0.6) is 0 Å². The fourth-order valence-corrected chi connectivity index (χ4v) is 3.94. The summed E-state index contributed by atoms with van der Waals surface area (Å²) in [5, 5.41) is 16.0. The number of anilines is 3. The van der Waals surface area contributed by atoms with Crippen molar-refractivity contribution in [3.05, 3.63) is 77.7 Å². The monoisotopic (exact) mass is 446 g/mol. The molecule has 2 aromatic carbocycles. The number of hydrogen-bond acceptors (Lipinski definition) is 8. The van der Waals surface area contributed by atoms with Crippen molar-refractivity contribution in [1.29, 1.82) is 5.26 Å². The first-order valence-corrected chi connectivity index (χ1v) is 11.0. The smallest absolute Gasteiger partial charge is 0.264 e. The number of hydrogen-bond donors (Lipinski definition) is 2. The molecule has 0 atom stereocenters. The minimum Gasteiger partial charge on any atom is -0.340 e. The molecule has 32 heavy (non-hydrogen) atoms. The molecular formula is C22H18N6O3S. The summed E-state index contributed by atoms with van der Waals surface area (Å²) < 4.78 is 32.7. The summed E-state index contributed by atoms with van der Waals surface area (Å²) in [6.07, 6.45) is 1.42. The Morgan fingerprint density at radius 2 is 1.81 bits per heavy atom. The first-order valence-electron chi connectivity index (χ1n) is 9.51. The highest BCUT2D eigenvalue weighted by Crippen LogP contribution is 2.25. The lowest BCUT2D eigenvalue weighted by molar-refractivity contribution is 0.430. The van der Waals surface area contributed by atoms with E-state index in [4.69, 9.17) is 9.78 Å². The molecule has 4 aromatic rings. The molecule has 0 aliphatic heterocycles. The quantitative estimate of drug-likeness (QED) is 0.451. The molecule has 0 bridgehead atoms. The zero-order chi connectivity index (χ0) is 22.7. The zero-order valence-electron chi connectivity index (χ0n) is 17.2. The van der Waals surface area contributed by atoms with Crippen molar-refractivity contribution in [3.63, 3.8) is 0 Å². The first kappa shape index (κ1) is 21.0. The lowest BCUT2D eigenvalue weighted by Crippen LogP contribution is -2.13. The molecular weight excluding hydrogens is 428 g/mol. The van der Waals surface area contributed by atoms with Gasteiger partial charge in [0.15, 0.2) is 0 Å². The van der Waals surface area contributed by atoms with Crippen LogP contribution in [-0.2, 0) is 10.0 Å². The summed E-state index contributed by atoms with van der Waals surface area (Å²) in [7, 11) is -3.83. The minimum absolute atomic E-state index is 0.0770. The molecule has 2 heterocycles. The molecule has 0 aliphatic carbocycles. The Bertz CT molecular complexity index is 1420. The average Bonchev–Trinajstić information content (AvgIpc) is 3.11. The second-order valence-corrected chi connectivity index (χ2v) is 8.64. The molecule has 2 N–H and O–H groups in total. The van der Waals surface area contributed by atoms with Gasteiger partial charge in [-0.1, -0.05) is 17.3 Å². The van der Waals surface area contributed by atoms with Gasteiger partial charge in [-0.25, -0.2) is 23.1 Å². The highest BCUT2D eigenvalue weighted by atomic mass is 32.2. The molecule has 0 fully saturated rings. The summed E-state index contributed by atoms with van der Waals surface area (Å²) in [4.78, 5) is 8.54. The standard InChI is InChI=1S/C22H18N6O3S/c1-14-15(2)27-31-22(14)28-32(29,30)19-8-6-18(7-9-19)26-21-11-20(24-13-25-21)17-5-3-4-16(10-17)12-23/h3-11,13,28H,1-2H3,(H,24,25,26). The Morgan fingerprint density at radius 3 is 2.50 bits per heavy atom. The summed E-state index contributed by atoms with van der Waals surface area (Å²) in [5.74, 6) is 0.623. The zero-order valence-corrected chi connectivity index (χ0v) is 18.0. The highest BCUT2D eigenvalue weighted by molar-refractivity contribution is 7.92. The van der Waals surface area contributed by atoms with Gasteiger partial charge in [0.2, 0.25) is 5.88 Å². The van der Waals surface area contributed by atoms with Gasteiger partial charge in [0.25, 0.3) is 10.0 Å². The number of aromatic nitrogens is 3. The van der Waals surface area contributed by atoms with E-state index in [-0.39, 0.29) is 10.8 Å². The minimum atomic E-state index is -3.83. The lowest BCUT2D eigenvalue weighted by atomic mass is 10.1. The van der Waals surface area contributed by atoms with Gasteiger partial charge in [-0.15, -0.1) is 0 Å². The molecule has 0 aliphatic rings. The van der Waals surface area contributed by atoms with Crippen LogP contribution in [0.25, 0.3) is 11.3 Å². The summed E-state index contributed by atoms with van der Waals surface area (Å²) in [6, 6.07) is 17.2. The van der Waals surface area contributed by atoms with E-state index >= 15 is 0 Å². The van der Waals surface area contributed by atoms with E-state index in [2.05, 4.69) is 31.2 Å². The van der Waals surface area contributed by atoms with Crippen LogP contribution in [0.1, 0.15) is 16.8 Å². The predicted octanol–water partition coefficient (Wildman–Crippen LogP) is 4.16. The number of sulfonamides is 1. The van der Waals surface area contributed by atoms with Crippen molar-refractivity contribution in [3.8, 4) is 17.3 Å². The molecule has 2 aromatic heterocycles. The number of rotatable bonds is 6. The highest BCUT2D eigenvalue weighted by Gasteiger charge is 2.19. The van der Waals surface area contributed by atoms with Crippen LogP contribution in [0.3, 0.4) is 0 Å². The SMILES string of the molecule is Cc1noc(NS(=O)(=O)c2ccc(Nc3cc(-c4cccc(C#N)c4)ncn3)cc2)c1C. The number of nitriles is 1. The Hall–Kier alpha value is -4.23. The van der Waals surface area contributed by atoms with Crippen LogP contribution >= 0.6 is 0 Å². The fraction of sp³-hybridized carbons (Fsp3) is 0.0909. The fourth-order valence-electron chi connectivity index (χ4n) is 2.89. The Balaban J connectivity index is 1.52. The van der Waals surface area contributed by atoms with Crippen LogP contribution < -0.4 is 10.0 Å². The van der Waals surface area contributed by atoms with Crippen molar-refractivity contribution in [2.24, 2.45) is 0 Å². The van der Waals surface area contributed by atoms with Crippen molar-refractivity contribution in [2.75, 3.05) is 10.0 Å². The van der Waals surface area contributed by atoms with Crippen LogP contribution in [0, 0.1) is 25.2 Å². The summed E-state index contributed by atoms with van der Waals surface area (Å²) in [6.45, 7) is 3.46. The topological polar surface area (TPSA) is 134 Å². The van der Waals surface area contributed by atoms with Crippen LogP contribution in [0.4, 0.5) is 17.4 Å². The molecule has 0 spiro atoms. The Morgan fingerprint density at radius 1 is 1.03 bits per heavy atom. The average molecular weight is 446 g/mol. The van der Waals surface area contributed by atoms with E-state index in [0.29, 0.717) is 34.0 Å².